The quantitative estimate of drug-likeness (QED) is 0.759. The van der Waals surface area contributed by atoms with Crippen LogP contribution in [0.4, 0.5) is 10.1 Å². The van der Waals surface area contributed by atoms with E-state index in [2.05, 4.69) is 4.90 Å². The Kier molecular flexibility index (Phi) is 4.84. The minimum absolute atomic E-state index is 0.183. The molecule has 1 saturated heterocycles. The number of halogens is 2. The lowest BCUT2D eigenvalue weighted by Gasteiger charge is -2.23. The van der Waals surface area contributed by atoms with Crippen LogP contribution in [0, 0.1) is 5.82 Å². The molecule has 0 aliphatic carbocycles. The predicted octanol–water partition coefficient (Wildman–Crippen LogP) is 3.10. The van der Waals surface area contributed by atoms with E-state index in [1.165, 1.54) is 32.0 Å². The minimum atomic E-state index is -0.183. The molecule has 1 aliphatic heterocycles. The second-order valence-corrected chi connectivity index (χ2v) is 5.16. The summed E-state index contributed by atoms with van der Waals surface area (Å²) >= 11 is 5.69. The van der Waals surface area contributed by atoms with Crippen molar-refractivity contribution in [3.05, 3.63) is 29.6 Å². The van der Waals surface area contributed by atoms with E-state index in [0.29, 0.717) is 11.6 Å². The number of hydrogen-bond acceptors (Lipinski definition) is 2. The van der Waals surface area contributed by atoms with Crippen molar-refractivity contribution in [3.63, 3.8) is 0 Å². The highest BCUT2D eigenvalue weighted by molar-refractivity contribution is 6.17. The van der Waals surface area contributed by atoms with Crippen molar-refractivity contribution in [2.45, 2.75) is 18.7 Å². The molecular formula is C14H20ClFN2. The van der Waals surface area contributed by atoms with Gasteiger partial charge in [-0.3, -0.25) is 0 Å². The molecule has 1 aliphatic rings. The summed E-state index contributed by atoms with van der Waals surface area (Å²) in [5.74, 6) is 0.173. The third-order valence-corrected chi connectivity index (χ3v) is 3.84. The van der Waals surface area contributed by atoms with Gasteiger partial charge in [-0.15, -0.1) is 11.6 Å². The summed E-state index contributed by atoms with van der Waals surface area (Å²) in [6, 6.07) is 5.23. The van der Waals surface area contributed by atoms with E-state index in [9.17, 15) is 4.39 Å². The highest BCUT2D eigenvalue weighted by atomic mass is 35.5. The number of anilines is 1. The molecule has 0 amide bonds. The van der Waals surface area contributed by atoms with E-state index >= 15 is 0 Å². The summed E-state index contributed by atoms with van der Waals surface area (Å²) in [6.07, 6.45) is 2.59. The fraction of sp³-hybridized carbons (Fsp3) is 0.571. The first-order valence-corrected chi connectivity index (χ1v) is 7.02. The van der Waals surface area contributed by atoms with E-state index in [1.54, 1.807) is 0 Å². The number of likely N-dealkylation sites (N-methyl/N-ethyl adjacent to an activating group) is 1. The lowest BCUT2D eigenvalue weighted by molar-refractivity contribution is 0.346. The molecule has 100 valence electrons. The van der Waals surface area contributed by atoms with Crippen LogP contribution in [0.1, 0.15) is 18.4 Å². The molecular weight excluding hydrogens is 251 g/mol. The fourth-order valence-corrected chi connectivity index (χ4v) is 2.53. The molecule has 0 spiro atoms. The van der Waals surface area contributed by atoms with Gasteiger partial charge in [0.1, 0.15) is 5.82 Å². The van der Waals surface area contributed by atoms with Gasteiger partial charge in [-0.1, -0.05) is 6.07 Å². The molecule has 1 fully saturated rings. The van der Waals surface area contributed by atoms with E-state index in [4.69, 9.17) is 11.6 Å². The average molecular weight is 271 g/mol. The molecule has 1 heterocycles. The predicted molar refractivity (Wildman–Crippen MR) is 74.9 cm³/mol. The Bertz CT molecular complexity index is 391. The second-order valence-electron chi connectivity index (χ2n) is 4.89. The van der Waals surface area contributed by atoms with Crippen LogP contribution < -0.4 is 4.90 Å². The van der Waals surface area contributed by atoms with Gasteiger partial charge in [0.2, 0.25) is 0 Å². The molecule has 18 heavy (non-hydrogen) atoms. The maximum Gasteiger partial charge on any atom is 0.146 e. The minimum Gasteiger partial charge on any atom is -0.371 e. The topological polar surface area (TPSA) is 6.48 Å². The first-order valence-electron chi connectivity index (χ1n) is 6.48. The largest absolute Gasteiger partial charge is 0.371 e. The Morgan fingerprint density at radius 2 is 2.06 bits per heavy atom. The fourth-order valence-electron chi connectivity index (χ4n) is 2.36. The normalized spacial score (nSPS) is 16.2. The van der Waals surface area contributed by atoms with Gasteiger partial charge in [0.15, 0.2) is 0 Å². The Morgan fingerprint density at radius 3 is 2.67 bits per heavy atom. The van der Waals surface area contributed by atoms with Crippen LogP contribution >= 0.6 is 11.6 Å². The van der Waals surface area contributed by atoms with E-state index < -0.39 is 0 Å². The van der Waals surface area contributed by atoms with Crippen molar-refractivity contribution in [1.82, 2.24) is 4.90 Å². The van der Waals surface area contributed by atoms with Crippen molar-refractivity contribution >= 4 is 17.3 Å². The van der Waals surface area contributed by atoms with Crippen LogP contribution in [0.5, 0.6) is 0 Å². The van der Waals surface area contributed by atoms with Crippen LogP contribution in [0.2, 0.25) is 0 Å². The summed E-state index contributed by atoms with van der Waals surface area (Å²) in [6.45, 7) is 4.23. The van der Waals surface area contributed by atoms with Crippen molar-refractivity contribution in [1.29, 1.82) is 0 Å². The maximum absolute atomic E-state index is 13.9. The first-order chi connectivity index (χ1) is 8.70. The van der Waals surface area contributed by atoms with Gasteiger partial charge in [0.25, 0.3) is 0 Å². The van der Waals surface area contributed by atoms with Crippen LogP contribution in [0.25, 0.3) is 0 Å². The van der Waals surface area contributed by atoms with Gasteiger partial charge in [-0.05, 0) is 43.6 Å². The van der Waals surface area contributed by atoms with Gasteiger partial charge in [0, 0.05) is 26.0 Å². The van der Waals surface area contributed by atoms with Gasteiger partial charge in [0.05, 0.1) is 5.69 Å². The smallest absolute Gasteiger partial charge is 0.146 e. The Hall–Kier alpha value is -0.800. The van der Waals surface area contributed by atoms with Crippen LogP contribution in [-0.4, -0.2) is 38.1 Å². The zero-order chi connectivity index (χ0) is 13.0. The zero-order valence-corrected chi connectivity index (χ0v) is 11.6. The van der Waals surface area contributed by atoms with Crippen LogP contribution in [0.3, 0.4) is 0 Å². The van der Waals surface area contributed by atoms with Gasteiger partial charge in [-0.2, -0.15) is 0 Å². The summed E-state index contributed by atoms with van der Waals surface area (Å²) in [5, 5.41) is 0. The van der Waals surface area contributed by atoms with E-state index in [1.807, 2.05) is 24.1 Å². The molecule has 0 aromatic heterocycles. The van der Waals surface area contributed by atoms with Crippen LogP contribution in [-0.2, 0) is 5.88 Å². The molecule has 0 N–H and O–H groups in total. The number of likely N-dealkylation sites (tertiary alicyclic amines) is 1. The summed E-state index contributed by atoms with van der Waals surface area (Å²) in [5.41, 5.74) is 1.48. The average Bonchev–Trinajstić information content (AvgIpc) is 2.88. The molecule has 0 atom stereocenters. The molecule has 0 bridgehead atoms. The SMILES string of the molecule is CN(CCN1CCCC1)c1ccc(CCl)cc1F. The molecule has 1 aromatic rings. The third-order valence-electron chi connectivity index (χ3n) is 3.53. The van der Waals surface area contributed by atoms with Gasteiger partial charge >= 0.3 is 0 Å². The molecule has 2 nitrogen and oxygen atoms in total. The van der Waals surface area contributed by atoms with Crippen molar-refractivity contribution in [3.8, 4) is 0 Å². The van der Waals surface area contributed by atoms with Crippen LogP contribution in [0.15, 0.2) is 18.2 Å². The number of rotatable bonds is 5. The monoisotopic (exact) mass is 270 g/mol. The highest BCUT2D eigenvalue weighted by Crippen LogP contribution is 2.20. The molecule has 4 heteroatoms. The standard InChI is InChI=1S/C14H20ClFN2/c1-17(8-9-18-6-2-3-7-18)14-5-4-12(11-15)10-13(14)16/h4-5,10H,2-3,6-9,11H2,1H3. The molecule has 0 saturated carbocycles. The van der Waals surface area contributed by atoms with Crippen molar-refractivity contribution < 1.29 is 4.39 Å². The lowest BCUT2D eigenvalue weighted by atomic mass is 10.2. The lowest BCUT2D eigenvalue weighted by Crippen LogP contribution is -2.31. The van der Waals surface area contributed by atoms with E-state index in [0.717, 1.165) is 18.7 Å². The van der Waals surface area contributed by atoms with E-state index in [-0.39, 0.29) is 5.82 Å². The number of alkyl halides is 1. The molecule has 2 rings (SSSR count). The molecule has 0 unspecified atom stereocenters. The Labute approximate surface area is 113 Å². The zero-order valence-electron chi connectivity index (χ0n) is 10.8. The first kappa shape index (κ1) is 13.6. The van der Waals surface area contributed by atoms with Crippen molar-refractivity contribution in [2.75, 3.05) is 38.1 Å². The summed E-state index contributed by atoms with van der Waals surface area (Å²) < 4.78 is 13.9. The Morgan fingerprint density at radius 1 is 1.33 bits per heavy atom. The number of benzene rings is 1. The van der Waals surface area contributed by atoms with Gasteiger partial charge in [-0.25, -0.2) is 4.39 Å². The maximum atomic E-state index is 13.9. The highest BCUT2D eigenvalue weighted by Gasteiger charge is 2.13. The molecule has 1 aromatic carbocycles. The number of hydrogen-bond donors (Lipinski definition) is 0. The Balaban J connectivity index is 1.93. The second kappa shape index (κ2) is 6.39. The molecule has 0 radical (unpaired) electrons. The van der Waals surface area contributed by atoms with Crippen molar-refractivity contribution in [2.24, 2.45) is 0 Å². The summed E-state index contributed by atoms with van der Waals surface area (Å²) in [7, 11) is 1.94. The third kappa shape index (κ3) is 3.36. The number of nitrogens with zero attached hydrogens (tertiary/aromatic N) is 2. The van der Waals surface area contributed by atoms with Gasteiger partial charge < -0.3 is 9.80 Å². The summed E-state index contributed by atoms with van der Waals surface area (Å²) in [4.78, 5) is 4.41.